The standard InChI is InChI=1S/C24H26N2O5S/c1-5-31-24(28)21-17-8-6-14(2)10-20(17)32-23(21)26-22(27)16(13-25)11-15-7-9-18(29-3)19(12-15)30-4/h7,9,11-12,14H,5-6,8,10H2,1-4H3,(H,26,27). The quantitative estimate of drug-likeness (QED) is 0.373. The number of nitrogens with zero attached hydrogens (tertiary/aromatic N) is 1. The van der Waals surface area contributed by atoms with Crippen LogP contribution in [0.15, 0.2) is 23.8 Å². The summed E-state index contributed by atoms with van der Waals surface area (Å²) in [7, 11) is 3.05. The van der Waals surface area contributed by atoms with Crippen LogP contribution in [0.25, 0.3) is 6.08 Å². The Hall–Kier alpha value is -3.31. The van der Waals surface area contributed by atoms with Gasteiger partial charge in [-0.25, -0.2) is 4.79 Å². The number of benzene rings is 1. The fraction of sp³-hybridized carbons (Fsp3) is 0.375. The molecule has 1 aromatic heterocycles. The topological polar surface area (TPSA) is 97.7 Å². The van der Waals surface area contributed by atoms with Crippen LogP contribution in [0.4, 0.5) is 5.00 Å². The molecule has 0 bridgehead atoms. The second-order valence-electron chi connectivity index (χ2n) is 7.51. The van der Waals surface area contributed by atoms with Crippen molar-refractivity contribution in [2.45, 2.75) is 33.1 Å². The second-order valence-corrected chi connectivity index (χ2v) is 8.62. The van der Waals surface area contributed by atoms with Gasteiger partial charge in [0.2, 0.25) is 0 Å². The third-order valence-corrected chi connectivity index (χ3v) is 6.47. The first-order chi connectivity index (χ1) is 15.4. The van der Waals surface area contributed by atoms with Crippen molar-refractivity contribution in [1.82, 2.24) is 0 Å². The lowest BCUT2D eigenvalue weighted by atomic mass is 9.88. The minimum Gasteiger partial charge on any atom is -0.493 e. The van der Waals surface area contributed by atoms with Gasteiger partial charge in [0.15, 0.2) is 11.5 Å². The molecule has 8 heteroatoms. The zero-order valence-corrected chi connectivity index (χ0v) is 19.4. The number of anilines is 1. The predicted octanol–water partition coefficient (Wildman–Crippen LogP) is 4.61. The molecule has 1 aliphatic rings. The average Bonchev–Trinajstić information content (AvgIpc) is 3.13. The van der Waals surface area contributed by atoms with Crippen molar-refractivity contribution in [3.63, 3.8) is 0 Å². The SMILES string of the molecule is CCOC(=O)c1c(NC(=O)C(C#N)=Cc2ccc(OC)c(OC)c2)sc2c1CCC(C)C2. The van der Waals surface area contributed by atoms with Crippen molar-refractivity contribution in [2.75, 3.05) is 26.1 Å². The molecule has 0 saturated carbocycles. The summed E-state index contributed by atoms with van der Waals surface area (Å²) >= 11 is 1.39. The molecule has 1 aromatic carbocycles. The number of nitrogens with one attached hydrogen (secondary N) is 1. The van der Waals surface area contributed by atoms with Crippen LogP contribution in [0, 0.1) is 17.2 Å². The van der Waals surface area contributed by atoms with Gasteiger partial charge in [-0.1, -0.05) is 13.0 Å². The zero-order valence-electron chi connectivity index (χ0n) is 18.6. The fourth-order valence-corrected chi connectivity index (χ4v) is 5.08. The number of ether oxygens (including phenoxy) is 3. The van der Waals surface area contributed by atoms with Crippen LogP contribution in [0.3, 0.4) is 0 Å². The van der Waals surface area contributed by atoms with Crippen molar-refractivity contribution >= 4 is 34.3 Å². The van der Waals surface area contributed by atoms with Gasteiger partial charge in [0.05, 0.1) is 26.4 Å². The minimum atomic E-state index is -0.584. The molecule has 3 rings (SSSR count). The van der Waals surface area contributed by atoms with E-state index in [9.17, 15) is 14.9 Å². The van der Waals surface area contributed by atoms with Gasteiger partial charge in [0, 0.05) is 4.88 Å². The van der Waals surface area contributed by atoms with Crippen LogP contribution < -0.4 is 14.8 Å². The molecule has 0 aliphatic heterocycles. The van der Waals surface area contributed by atoms with E-state index in [0.717, 1.165) is 29.7 Å². The normalized spacial score (nSPS) is 15.3. The molecule has 168 valence electrons. The van der Waals surface area contributed by atoms with E-state index in [1.165, 1.54) is 31.6 Å². The summed E-state index contributed by atoms with van der Waals surface area (Å²) in [6, 6.07) is 7.05. The maximum Gasteiger partial charge on any atom is 0.341 e. The maximum absolute atomic E-state index is 12.9. The zero-order chi connectivity index (χ0) is 23.3. The van der Waals surface area contributed by atoms with E-state index < -0.39 is 11.9 Å². The molecule has 0 fully saturated rings. The molecule has 1 aliphatic carbocycles. The summed E-state index contributed by atoms with van der Waals surface area (Å²) in [4.78, 5) is 26.7. The highest BCUT2D eigenvalue weighted by Crippen LogP contribution is 2.40. The Morgan fingerprint density at radius 3 is 2.69 bits per heavy atom. The van der Waals surface area contributed by atoms with Gasteiger partial charge >= 0.3 is 5.97 Å². The molecule has 7 nitrogen and oxygen atoms in total. The first-order valence-electron chi connectivity index (χ1n) is 10.4. The molecule has 0 spiro atoms. The molecule has 32 heavy (non-hydrogen) atoms. The van der Waals surface area contributed by atoms with Crippen LogP contribution in [-0.4, -0.2) is 32.7 Å². The molecule has 0 saturated heterocycles. The van der Waals surface area contributed by atoms with E-state index >= 15 is 0 Å². The molecule has 1 atom stereocenters. The van der Waals surface area contributed by atoms with Gasteiger partial charge in [-0.05, 0) is 61.4 Å². The summed E-state index contributed by atoms with van der Waals surface area (Å²) in [6.07, 6.45) is 4.07. The van der Waals surface area contributed by atoms with Gasteiger partial charge in [-0.2, -0.15) is 5.26 Å². The summed E-state index contributed by atoms with van der Waals surface area (Å²) in [5.74, 6) is 0.518. The van der Waals surface area contributed by atoms with E-state index in [1.54, 1.807) is 25.1 Å². The van der Waals surface area contributed by atoms with E-state index in [4.69, 9.17) is 14.2 Å². The van der Waals surface area contributed by atoms with Crippen LogP contribution in [0.1, 0.15) is 46.6 Å². The van der Waals surface area contributed by atoms with Crippen molar-refractivity contribution in [2.24, 2.45) is 5.92 Å². The number of fused-ring (bicyclic) bond motifs is 1. The number of hydrogen-bond acceptors (Lipinski definition) is 7. The van der Waals surface area contributed by atoms with Crippen LogP contribution in [0.5, 0.6) is 11.5 Å². The third-order valence-electron chi connectivity index (χ3n) is 5.30. The van der Waals surface area contributed by atoms with E-state index in [0.29, 0.717) is 33.5 Å². The molecule has 1 unspecified atom stereocenters. The summed E-state index contributed by atoms with van der Waals surface area (Å²) in [5, 5.41) is 12.8. The van der Waals surface area contributed by atoms with Crippen LogP contribution in [0.2, 0.25) is 0 Å². The predicted molar refractivity (Wildman–Crippen MR) is 123 cm³/mol. The minimum absolute atomic E-state index is 0.0910. The van der Waals surface area contributed by atoms with Crippen molar-refractivity contribution in [3.05, 3.63) is 45.3 Å². The van der Waals surface area contributed by atoms with Gasteiger partial charge in [-0.3, -0.25) is 4.79 Å². The Balaban J connectivity index is 1.92. The molecule has 2 aromatic rings. The highest BCUT2D eigenvalue weighted by Gasteiger charge is 2.29. The van der Waals surface area contributed by atoms with Crippen molar-refractivity contribution in [1.29, 1.82) is 5.26 Å². The summed E-state index contributed by atoms with van der Waals surface area (Å²) in [5.41, 5.74) is 1.88. The monoisotopic (exact) mass is 454 g/mol. The molecule has 1 N–H and O–H groups in total. The Morgan fingerprint density at radius 2 is 2.03 bits per heavy atom. The fourth-order valence-electron chi connectivity index (χ4n) is 3.69. The molecular formula is C24H26N2O5S. The van der Waals surface area contributed by atoms with Crippen molar-refractivity contribution < 1.29 is 23.8 Å². The van der Waals surface area contributed by atoms with Crippen LogP contribution in [-0.2, 0) is 22.4 Å². The first kappa shape index (κ1) is 23.4. The van der Waals surface area contributed by atoms with Crippen molar-refractivity contribution in [3.8, 4) is 17.6 Å². The van der Waals surface area contributed by atoms with Crippen LogP contribution >= 0.6 is 11.3 Å². The number of hydrogen-bond donors (Lipinski definition) is 1. The molecule has 1 heterocycles. The third kappa shape index (κ3) is 4.94. The first-order valence-corrected chi connectivity index (χ1v) is 11.2. The lowest BCUT2D eigenvalue weighted by Crippen LogP contribution is -2.17. The number of esters is 1. The second kappa shape index (κ2) is 10.3. The Labute approximate surface area is 191 Å². The number of amides is 1. The molecule has 1 amide bonds. The number of methoxy groups -OCH3 is 2. The van der Waals surface area contributed by atoms with Gasteiger partial charge in [0.1, 0.15) is 16.6 Å². The Morgan fingerprint density at radius 1 is 1.28 bits per heavy atom. The van der Waals surface area contributed by atoms with Gasteiger partial charge in [-0.15, -0.1) is 11.3 Å². The number of rotatable bonds is 7. The highest BCUT2D eigenvalue weighted by atomic mass is 32.1. The number of thiophene rings is 1. The lowest BCUT2D eigenvalue weighted by Gasteiger charge is -2.18. The number of nitriles is 1. The molecule has 0 radical (unpaired) electrons. The highest BCUT2D eigenvalue weighted by molar-refractivity contribution is 7.17. The van der Waals surface area contributed by atoms with Gasteiger partial charge in [0.25, 0.3) is 5.91 Å². The Bertz CT molecular complexity index is 1100. The average molecular weight is 455 g/mol. The molecular weight excluding hydrogens is 428 g/mol. The summed E-state index contributed by atoms with van der Waals surface area (Å²) < 4.78 is 15.7. The number of carbonyl (C=O) groups is 2. The van der Waals surface area contributed by atoms with E-state index in [-0.39, 0.29) is 12.2 Å². The van der Waals surface area contributed by atoms with E-state index in [2.05, 4.69) is 12.2 Å². The van der Waals surface area contributed by atoms with E-state index in [1.807, 2.05) is 6.07 Å². The Kier molecular flexibility index (Phi) is 7.54. The largest absolute Gasteiger partial charge is 0.493 e. The smallest absolute Gasteiger partial charge is 0.341 e. The maximum atomic E-state index is 12.9. The summed E-state index contributed by atoms with van der Waals surface area (Å²) in [6.45, 7) is 4.16. The van der Waals surface area contributed by atoms with Gasteiger partial charge < -0.3 is 19.5 Å². The number of carbonyl (C=O) groups excluding carboxylic acids is 2. The lowest BCUT2D eigenvalue weighted by molar-refractivity contribution is -0.112.